The third kappa shape index (κ3) is 3.59. The summed E-state index contributed by atoms with van der Waals surface area (Å²) >= 11 is 0. The number of aliphatic carboxylic acids is 1. The van der Waals surface area contributed by atoms with Gasteiger partial charge in [0.2, 0.25) is 0 Å². The van der Waals surface area contributed by atoms with E-state index < -0.39 is 17.5 Å². The second kappa shape index (κ2) is 6.23. The third-order valence-electron chi connectivity index (χ3n) is 4.01. The SMILES string of the molecule is O=C(NCCOC1CCCC1)NC1(C(=O)O)CCC1. The molecule has 0 atom stereocenters. The van der Waals surface area contributed by atoms with Crippen LogP contribution < -0.4 is 10.6 Å². The molecule has 6 nitrogen and oxygen atoms in total. The minimum Gasteiger partial charge on any atom is -0.480 e. The normalized spacial score (nSPS) is 21.7. The summed E-state index contributed by atoms with van der Waals surface area (Å²) in [6.07, 6.45) is 6.85. The van der Waals surface area contributed by atoms with Crippen LogP contribution in [0, 0.1) is 0 Å². The lowest BCUT2D eigenvalue weighted by Crippen LogP contribution is -2.61. The Labute approximate surface area is 112 Å². The molecule has 0 bridgehead atoms. The molecule has 0 aliphatic heterocycles. The van der Waals surface area contributed by atoms with E-state index in [-0.39, 0.29) is 0 Å². The Balaban J connectivity index is 1.60. The number of amides is 2. The molecular weight excluding hydrogens is 248 g/mol. The zero-order valence-corrected chi connectivity index (χ0v) is 11.1. The van der Waals surface area contributed by atoms with E-state index >= 15 is 0 Å². The molecule has 0 unspecified atom stereocenters. The summed E-state index contributed by atoms with van der Waals surface area (Å²) in [6.45, 7) is 0.899. The largest absolute Gasteiger partial charge is 0.480 e. The van der Waals surface area contributed by atoms with Gasteiger partial charge >= 0.3 is 12.0 Å². The molecule has 0 aromatic rings. The Kier molecular flexibility index (Phi) is 4.63. The number of carboxylic acid groups (broad SMARTS) is 1. The Hall–Kier alpha value is -1.30. The number of carboxylic acids is 1. The van der Waals surface area contributed by atoms with Gasteiger partial charge in [-0.05, 0) is 32.1 Å². The molecule has 3 N–H and O–H groups in total. The number of ether oxygens (including phenoxy) is 1. The van der Waals surface area contributed by atoms with Crippen LogP contribution in [0.15, 0.2) is 0 Å². The number of urea groups is 1. The minimum atomic E-state index is -1.05. The van der Waals surface area contributed by atoms with Gasteiger partial charge in [-0.3, -0.25) is 0 Å². The zero-order valence-electron chi connectivity index (χ0n) is 11.1. The lowest BCUT2D eigenvalue weighted by molar-refractivity contribution is -0.148. The predicted molar refractivity (Wildman–Crippen MR) is 69.0 cm³/mol. The summed E-state index contributed by atoms with van der Waals surface area (Å²) in [4.78, 5) is 22.7. The van der Waals surface area contributed by atoms with Crippen molar-refractivity contribution in [3.63, 3.8) is 0 Å². The van der Waals surface area contributed by atoms with Crippen molar-refractivity contribution in [3.8, 4) is 0 Å². The van der Waals surface area contributed by atoms with E-state index in [0.717, 1.165) is 19.3 Å². The van der Waals surface area contributed by atoms with Gasteiger partial charge in [0.05, 0.1) is 12.7 Å². The molecular formula is C13H22N2O4. The molecule has 2 amide bonds. The van der Waals surface area contributed by atoms with Gasteiger partial charge in [-0.15, -0.1) is 0 Å². The van der Waals surface area contributed by atoms with Crippen molar-refractivity contribution in [3.05, 3.63) is 0 Å². The van der Waals surface area contributed by atoms with Crippen LogP contribution in [-0.2, 0) is 9.53 Å². The number of hydrogen-bond acceptors (Lipinski definition) is 3. The van der Waals surface area contributed by atoms with Crippen molar-refractivity contribution in [2.45, 2.75) is 56.6 Å². The zero-order chi connectivity index (χ0) is 13.7. The van der Waals surface area contributed by atoms with Gasteiger partial charge in [0.25, 0.3) is 0 Å². The van der Waals surface area contributed by atoms with Gasteiger partial charge in [-0.1, -0.05) is 12.8 Å². The monoisotopic (exact) mass is 270 g/mol. The number of carbonyl (C=O) groups excluding carboxylic acids is 1. The highest BCUT2D eigenvalue weighted by Crippen LogP contribution is 2.31. The molecule has 6 heteroatoms. The molecule has 0 spiro atoms. The van der Waals surface area contributed by atoms with Crippen LogP contribution in [0.4, 0.5) is 4.79 Å². The van der Waals surface area contributed by atoms with Gasteiger partial charge in [-0.25, -0.2) is 9.59 Å². The topological polar surface area (TPSA) is 87.7 Å². The quantitative estimate of drug-likeness (QED) is 0.634. The van der Waals surface area contributed by atoms with Gasteiger partial charge in [0.15, 0.2) is 0 Å². The molecule has 19 heavy (non-hydrogen) atoms. The summed E-state index contributed by atoms with van der Waals surface area (Å²) in [6, 6.07) is -0.419. The first kappa shape index (κ1) is 14.1. The van der Waals surface area contributed by atoms with Crippen molar-refractivity contribution in [2.24, 2.45) is 0 Å². The fourth-order valence-electron chi connectivity index (χ4n) is 2.63. The maximum absolute atomic E-state index is 11.6. The molecule has 0 aromatic heterocycles. The lowest BCUT2D eigenvalue weighted by atomic mass is 9.77. The van der Waals surface area contributed by atoms with Crippen molar-refractivity contribution >= 4 is 12.0 Å². The van der Waals surface area contributed by atoms with Crippen LogP contribution in [0.1, 0.15) is 44.9 Å². The van der Waals surface area contributed by atoms with Crippen LogP contribution in [0.3, 0.4) is 0 Å². The van der Waals surface area contributed by atoms with E-state index in [0.29, 0.717) is 32.1 Å². The molecule has 2 fully saturated rings. The van der Waals surface area contributed by atoms with E-state index in [1.54, 1.807) is 0 Å². The van der Waals surface area contributed by atoms with Crippen molar-refractivity contribution in [1.29, 1.82) is 0 Å². The van der Waals surface area contributed by atoms with Crippen molar-refractivity contribution < 1.29 is 19.4 Å². The van der Waals surface area contributed by atoms with Gasteiger partial charge in [0, 0.05) is 6.54 Å². The average molecular weight is 270 g/mol. The van der Waals surface area contributed by atoms with Gasteiger partial charge in [-0.2, -0.15) is 0 Å². The molecule has 2 rings (SSSR count). The number of hydrogen-bond donors (Lipinski definition) is 3. The van der Waals surface area contributed by atoms with E-state index in [4.69, 9.17) is 9.84 Å². The molecule has 2 aliphatic carbocycles. The second-order valence-corrected chi connectivity index (χ2v) is 5.40. The van der Waals surface area contributed by atoms with E-state index in [1.165, 1.54) is 12.8 Å². The lowest BCUT2D eigenvalue weighted by Gasteiger charge is -2.38. The van der Waals surface area contributed by atoms with Crippen molar-refractivity contribution in [2.75, 3.05) is 13.2 Å². The van der Waals surface area contributed by atoms with Crippen LogP contribution in [-0.4, -0.2) is 41.9 Å². The number of nitrogens with one attached hydrogen (secondary N) is 2. The smallest absolute Gasteiger partial charge is 0.329 e. The molecule has 2 aliphatic rings. The Bertz CT molecular complexity index is 336. The minimum absolute atomic E-state index is 0.335. The van der Waals surface area contributed by atoms with Gasteiger partial charge in [0.1, 0.15) is 5.54 Å². The molecule has 0 radical (unpaired) electrons. The summed E-state index contributed by atoms with van der Waals surface area (Å²) in [5.41, 5.74) is -1.05. The van der Waals surface area contributed by atoms with Crippen LogP contribution in [0.5, 0.6) is 0 Å². The predicted octanol–water partition coefficient (Wildman–Crippen LogP) is 1.25. The summed E-state index contributed by atoms with van der Waals surface area (Å²) < 4.78 is 5.61. The average Bonchev–Trinajstić information content (AvgIpc) is 2.82. The van der Waals surface area contributed by atoms with Crippen LogP contribution in [0.2, 0.25) is 0 Å². The van der Waals surface area contributed by atoms with Crippen LogP contribution >= 0.6 is 0 Å². The molecule has 0 heterocycles. The Morgan fingerprint density at radius 2 is 1.89 bits per heavy atom. The van der Waals surface area contributed by atoms with E-state index in [9.17, 15) is 9.59 Å². The first-order valence-electron chi connectivity index (χ1n) is 7.03. The van der Waals surface area contributed by atoms with E-state index in [1.807, 2.05) is 0 Å². The second-order valence-electron chi connectivity index (χ2n) is 5.40. The molecule has 2 saturated carbocycles. The third-order valence-corrected chi connectivity index (χ3v) is 4.01. The fourth-order valence-corrected chi connectivity index (χ4v) is 2.63. The highest BCUT2D eigenvalue weighted by Gasteiger charge is 2.45. The first-order chi connectivity index (χ1) is 9.12. The highest BCUT2D eigenvalue weighted by atomic mass is 16.5. The van der Waals surface area contributed by atoms with Crippen LogP contribution in [0.25, 0.3) is 0 Å². The standard InChI is InChI=1S/C13H22N2O4/c16-11(17)13(6-3-7-13)15-12(18)14-8-9-19-10-4-1-2-5-10/h10H,1-9H2,(H,16,17)(H2,14,15,18). The molecule has 108 valence electrons. The fraction of sp³-hybridized carbons (Fsp3) is 0.846. The first-order valence-corrected chi connectivity index (χ1v) is 7.03. The Morgan fingerprint density at radius 3 is 2.42 bits per heavy atom. The highest BCUT2D eigenvalue weighted by molar-refractivity contribution is 5.87. The summed E-state index contributed by atoms with van der Waals surface area (Å²) in [5.74, 6) is -0.948. The Morgan fingerprint density at radius 1 is 1.21 bits per heavy atom. The maximum Gasteiger partial charge on any atom is 0.329 e. The molecule has 0 saturated heterocycles. The van der Waals surface area contributed by atoms with Gasteiger partial charge < -0.3 is 20.5 Å². The number of rotatable bonds is 6. The maximum atomic E-state index is 11.6. The van der Waals surface area contributed by atoms with E-state index in [2.05, 4.69) is 10.6 Å². The van der Waals surface area contributed by atoms with Crippen molar-refractivity contribution in [1.82, 2.24) is 10.6 Å². The summed E-state index contributed by atoms with van der Waals surface area (Å²) in [7, 11) is 0. The molecule has 0 aromatic carbocycles. The summed E-state index contributed by atoms with van der Waals surface area (Å²) in [5, 5.41) is 14.3. The number of carbonyl (C=O) groups is 2.